The zero-order valence-electron chi connectivity index (χ0n) is 11.4. The van der Waals surface area contributed by atoms with Crippen LogP contribution in [0.15, 0.2) is 33.5 Å². The Labute approximate surface area is 119 Å². The topological polar surface area (TPSA) is 52.3 Å². The number of ether oxygens (including phenoxy) is 1. The van der Waals surface area contributed by atoms with Gasteiger partial charge < -0.3 is 9.15 Å². The van der Waals surface area contributed by atoms with Crippen LogP contribution in [0.25, 0.3) is 21.5 Å². The van der Waals surface area contributed by atoms with E-state index >= 15 is 0 Å². The Morgan fingerprint density at radius 2 is 2.05 bits per heavy atom. The Balaban J connectivity index is 2.22. The first kappa shape index (κ1) is 12.9. The number of hydrogen-bond acceptors (Lipinski definition) is 5. The molecule has 0 fully saturated rings. The van der Waals surface area contributed by atoms with Crippen LogP contribution in [0, 0.1) is 13.8 Å². The molecule has 3 rings (SSSR count). The molecule has 0 unspecified atom stereocenters. The molecule has 4 nitrogen and oxygen atoms in total. The Morgan fingerprint density at radius 1 is 1.25 bits per heavy atom. The summed E-state index contributed by atoms with van der Waals surface area (Å²) in [6.45, 7) is 3.92. The molecular formula is C15H13NO3S. The number of nitrogens with zero attached hydrogens (tertiary/aromatic N) is 1. The summed E-state index contributed by atoms with van der Waals surface area (Å²) >= 11 is 1.50. The van der Waals surface area contributed by atoms with Gasteiger partial charge in [0.2, 0.25) is 0 Å². The maximum Gasteiger partial charge on any atom is 0.346 e. The summed E-state index contributed by atoms with van der Waals surface area (Å²) in [6, 6.07) is 7.23. The fourth-order valence-corrected chi connectivity index (χ4v) is 2.87. The molecule has 0 bridgehead atoms. The van der Waals surface area contributed by atoms with E-state index in [9.17, 15) is 4.79 Å². The third-order valence-corrected chi connectivity index (χ3v) is 4.31. The highest BCUT2D eigenvalue weighted by atomic mass is 32.1. The van der Waals surface area contributed by atoms with Crippen molar-refractivity contribution in [2.45, 2.75) is 13.8 Å². The highest BCUT2D eigenvalue weighted by molar-refractivity contribution is 7.15. The van der Waals surface area contributed by atoms with Gasteiger partial charge in [-0.1, -0.05) is 0 Å². The van der Waals surface area contributed by atoms with Gasteiger partial charge in [0.1, 0.15) is 16.3 Å². The molecule has 0 aliphatic heterocycles. The van der Waals surface area contributed by atoms with Crippen molar-refractivity contribution >= 4 is 22.3 Å². The van der Waals surface area contributed by atoms with Crippen LogP contribution in [-0.4, -0.2) is 12.1 Å². The molecular weight excluding hydrogens is 274 g/mol. The summed E-state index contributed by atoms with van der Waals surface area (Å²) in [5, 5.41) is 1.55. The van der Waals surface area contributed by atoms with Crippen molar-refractivity contribution in [3.63, 3.8) is 0 Å². The molecule has 0 atom stereocenters. The van der Waals surface area contributed by atoms with Gasteiger partial charge in [0.25, 0.3) is 0 Å². The lowest BCUT2D eigenvalue weighted by molar-refractivity contribution is 0.414. The van der Waals surface area contributed by atoms with Crippen molar-refractivity contribution in [2.24, 2.45) is 0 Å². The van der Waals surface area contributed by atoms with E-state index in [0.717, 1.165) is 16.0 Å². The van der Waals surface area contributed by atoms with Crippen LogP contribution in [0.5, 0.6) is 5.75 Å². The molecule has 2 aromatic heterocycles. The van der Waals surface area contributed by atoms with Crippen LogP contribution in [0.1, 0.15) is 10.6 Å². The van der Waals surface area contributed by atoms with Crippen molar-refractivity contribution in [1.29, 1.82) is 0 Å². The van der Waals surface area contributed by atoms with E-state index in [1.807, 2.05) is 32.0 Å². The van der Waals surface area contributed by atoms with Gasteiger partial charge in [0.15, 0.2) is 0 Å². The Bertz CT molecular complexity index is 828. The largest absolute Gasteiger partial charge is 0.497 e. The van der Waals surface area contributed by atoms with E-state index in [-0.39, 0.29) is 5.63 Å². The number of benzene rings is 1. The van der Waals surface area contributed by atoms with Crippen LogP contribution in [0.2, 0.25) is 0 Å². The van der Waals surface area contributed by atoms with Gasteiger partial charge in [-0.25, -0.2) is 9.78 Å². The average Bonchev–Trinajstić information content (AvgIpc) is 2.77. The van der Waals surface area contributed by atoms with Gasteiger partial charge in [0.05, 0.1) is 18.4 Å². The quantitative estimate of drug-likeness (QED) is 0.676. The van der Waals surface area contributed by atoms with E-state index in [1.165, 1.54) is 11.3 Å². The summed E-state index contributed by atoms with van der Waals surface area (Å²) in [4.78, 5) is 17.6. The Hall–Kier alpha value is -2.14. The minimum Gasteiger partial charge on any atom is -0.497 e. The lowest BCUT2D eigenvalue weighted by atomic mass is 10.2. The van der Waals surface area contributed by atoms with Gasteiger partial charge in [-0.05, 0) is 32.0 Å². The monoisotopic (exact) mass is 287 g/mol. The maximum absolute atomic E-state index is 12.1. The molecule has 0 spiro atoms. The number of thiazole rings is 1. The molecule has 0 aliphatic carbocycles. The van der Waals surface area contributed by atoms with E-state index in [1.54, 1.807) is 13.2 Å². The van der Waals surface area contributed by atoms with Crippen molar-refractivity contribution in [2.75, 3.05) is 7.11 Å². The first-order valence-corrected chi connectivity index (χ1v) is 6.96. The molecule has 0 amide bonds. The van der Waals surface area contributed by atoms with Crippen molar-refractivity contribution in [3.05, 3.63) is 45.3 Å². The highest BCUT2D eigenvalue weighted by Gasteiger charge is 2.13. The van der Waals surface area contributed by atoms with Gasteiger partial charge >= 0.3 is 5.63 Å². The number of rotatable bonds is 2. The van der Waals surface area contributed by atoms with E-state index in [2.05, 4.69) is 4.98 Å². The summed E-state index contributed by atoms with van der Waals surface area (Å²) in [7, 11) is 1.58. The smallest absolute Gasteiger partial charge is 0.346 e. The van der Waals surface area contributed by atoms with Crippen LogP contribution in [-0.2, 0) is 0 Å². The molecule has 2 heterocycles. The predicted molar refractivity (Wildman–Crippen MR) is 79.6 cm³/mol. The van der Waals surface area contributed by atoms with E-state index < -0.39 is 0 Å². The highest BCUT2D eigenvalue weighted by Crippen LogP contribution is 2.28. The predicted octanol–water partition coefficient (Wildman–Crippen LogP) is 3.54. The second kappa shape index (κ2) is 4.76. The first-order chi connectivity index (χ1) is 9.58. The molecule has 0 radical (unpaired) electrons. The first-order valence-electron chi connectivity index (χ1n) is 6.15. The minimum absolute atomic E-state index is 0.375. The molecule has 0 aliphatic rings. The van der Waals surface area contributed by atoms with Crippen LogP contribution in [0.3, 0.4) is 0 Å². The van der Waals surface area contributed by atoms with Gasteiger partial charge in [-0.3, -0.25) is 0 Å². The summed E-state index contributed by atoms with van der Waals surface area (Å²) < 4.78 is 10.5. The average molecular weight is 287 g/mol. The number of fused-ring (bicyclic) bond motifs is 1. The second-order valence-corrected chi connectivity index (χ2v) is 5.72. The minimum atomic E-state index is -0.375. The third-order valence-electron chi connectivity index (χ3n) is 3.20. The Kier molecular flexibility index (Phi) is 3.06. The van der Waals surface area contributed by atoms with Crippen LogP contribution in [0.4, 0.5) is 0 Å². The summed E-state index contributed by atoms with van der Waals surface area (Å²) in [5.41, 5.74) is 1.59. The molecule has 20 heavy (non-hydrogen) atoms. The van der Waals surface area contributed by atoms with Gasteiger partial charge in [-0.15, -0.1) is 11.3 Å². The lowest BCUT2D eigenvalue weighted by Gasteiger charge is -2.02. The van der Waals surface area contributed by atoms with E-state index in [4.69, 9.17) is 9.15 Å². The second-order valence-electron chi connectivity index (χ2n) is 4.51. The zero-order valence-corrected chi connectivity index (χ0v) is 12.2. The van der Waals surface area contributed by atoms with Crippen molar-refractivity contribution < 1.29 is 9.15 Å². The number of aryl methyl sites for hydroxylation is 2. The SMILES string of the molecule is COc1ccc2cc(-c3nc(C)c(C)s3)c(=O)oc2c1. The maximum atomic E-state index is 12.1. The normalized spacial score (nSPS) is 10.9. The van der Waals surface area contributed by atoms with Gasteiger partial charge in [0, 0.05) is 16.3 Å². The molecule has 1 aromatic carbocycles. The third kappa shape index (κ3) is 2.10. The number of methoxy groups -OCH3 is 1. The Morgan fingerprint density at radius 3 is 2.70 bits per heavy atom. The summed E-state index contributed by atoms with van der Waals surface area (Å²) in [6.07, 6.45) is 0. The van der Waals surface area contributed by atoms with Crippen molar-refractivity contribution in [1.82, 2.24) is 4.98 Å². The number of hydrogen-bond donors (Lipinski definition) is 0. The molecule has 0 saturated carbocycles. The van der Waals surface area contributed by atoms with Crippen LogP contribution >= 0.6 is 11.3 Å². The summed E-state index contributed by atoms with van der Waals surface area (Å²) in [5.74, 6) is 0.661. The standard InChI is InChI=1S/C15H13NO3S/c1-8-9(2)20-14(16-8)12-6-10-4-5-11(18-3)7-13(10)19-15(12)17/h4-7H,1-3H3. The molecule has 0 saturated heterocycles. The fourth-order valence-electron chi connectivity index (χ4n) is 1.96. The molecule has 102 valence electrons. The van der Waals surface area contributed by atoms with E-state index in [0.29, 0.717) is 21.9 Å². The molecule has 0 N–H and O–H groups in total. The molecule has 5 heteroatoms. The fraction of sp³-hybridized carbons (Fsp3) is 0.200. The zero-order chi connectivity index (χ0) is 14.3. The number of aromatic nitrogens is 1. The van der Waals surface area contributed by atoms with Crippen LogP contribution < -0.4 is 10.4 Å². The van der Waals surface area contributed by atoms with Gasteiger partial charge in [-0.2, -0.15) is 0 Å². The lowest BCUT2D eigenvalue weighted by Crippen LogP contribution is -2.02. The van der Waals surface area contributed by atoms with Crippen molar-refractivity contribution in [3.8, 4) is 16.3 Å². The molecule has 3 aromatic rings.